The van der Waals surface area contributed by atoms with E-state index in [1.165, 1.54) is 0 Å². The number of rotatable bonds is 8. The topological polar surface area (TPSA) is 65.0 Å². The number of aromatic nitrogens is 4. The molecule has 0 amide bonds. The van der Waals surface area contributed by atoms with E-state index >= 15 is 0 Å². The Labute approximate surface area is 167 Å². The number of pyridine rings is 1. The highest BCUT2D eigenvalue weighted by molar-refractivity contribution is 5.78. The van der Waals surface area contributed by atoms with Crippen LogP contribution in [0.25, 0.3) is 22.1 Å². The molecule has 4 aromatic rings. The Kier molecular flexibility index (Phi) is 6.15. The Morgan fingerprint density at radius 1 is 1.03 bits per heavy atom. The van der Waals surface area contributed by atoms with Gasteiger partial charge in [-0.2, -0.15) is 0 Å². The van der Waals surface area contributed by atoms with Crippen molar-refractivity contribution in [2.45, 2.75) is 6.54 Å². The molecule has 3 heterocycles. The van der Waals surface area contributed by atoms with Crippen LogP contribution in [0.3, 0.4) is 0 Å². The average Bonchev–Trinajstić information content (AvgIpc) is 3.35. The number of hydrogen-bond acceptors (Lipinski definition) is 4. The van der Waals surface area contributed by atoms with Gasteiger partial charge < -0.3 is 19.0 Å². The number of imidazole rings is 1. The number of benzene rings is 1. The number of H-pyrrole nitrogens is 1. The normalized spacial score (nSPS) is 11.1. The summed E-state index contributed by atoms with van der Waals surface area (Å²) in [4.78, 5) is 12.1. The van der Waals surface area contributed by atoms with Crippen molar-refractivity contribution < 1.29 is 13.9 Å². The van der Waals surface area contributed by atoms with Crippen molar-refractivity contribution in [2.24, 2.45) is 0 Å². The van der Waals surface area contributed by atoms with Crippen LogP contribution in [-0.4, -0.2) is 52.6 Å². The molecule has 3 aromatic heterocycles. The lowest BCUT2D eigenvalue weighted by atomic mass is 10.2. The molecule has 0 saturated heterocycles. The van der Waals surface area contributed by atoms with Gasteiger partial charge in [-0.05, 0) is 30.2 Å². The number of fused-ring (bicyclic) bond motifs is 2. The van der Waals surface area contributed by atoms with Gasteiger partial charge in [0.1, 0.15) is 12.3 Å². The molecule has 0 spiro atoms. The van der Waals surface area contributed by atoms with E-state index in [9.17, 15) is 4.39 Å². The first-order chi connectivity index (χ1) is 14.3. The molecule has 1 aromatic carbocycles. The first-order valence-electron chi connectivity index (χ1n) is 9.47. The summed E-state index contributed by atoms with van der Waals surface area (Å²) in [6.45, 7) is 1.55. The summed E-state index contributed by atoms with van der Waals surface area (Å²) < 4.78 is 24.7. The van der Waals surface area contributed by atoms with E-state index in [4.69, 9.17) is 9.47 Å². The third-order valence-electron chi connectivity index (χ3n) is 4.43. The summed E-state index contributed by atoms with van der Waals surface area (Å²) in [5, 5.41) is 1.02. The van der Waals surface area contributed by atoms with E-state index in [1.54, 1.807) is 6.20 Å². The Bertz CT molecular complexity index is 1160. The molecule has 0 aliphatic heterocycles. The maximum absolute atomic E-state index is 12.0. The highest BCUT2D eigenvalue weighted by Gasteiger charge is 2.08. The second-order valence-electron chi connectivity index (χ2n) is 6.38. The minimum absolute atomic E-state index is 0.110. The van der Waals surface area contributed by atoms with Crippen LogP contribution in [-0.2, 0) is 16.0 Å². The number of para-hydroxylation sites is 2. The second kappa shape index (κ2) is 9.32. The summed E-state index contributed by atoms with van der Waals surface area (Å²) in [5.41, 5.74) is 3.57. The fraction of sp³-hybridized carbons (Fsp3) is 0.273. The number of ether oxygens (including phenoxy) is 2. The Balaban J connectivity index is 1.50. The van der Waals surface area contributed by atoms with Crippen molar-refractivity contribution in [3.8, 4) is 11.8 Å². The van der Waals surface area contributed by atoms with Gasteiger partial charge in [0.05, 0.1) is 37.5 Å². The standard InChI is InChI=1S/C22H21FN4O2/c23-8-11-28-13-14-29-12-10-27-20-4-2-1-3-19(20)26-21(27)6-5-17-15-18-7-9-24-22(18)25-16-17/h1-4,7,9,15-16H,8,10-14H2,(H,24,25)/i23-1. The smallest absolute Gasteiger partial charge is 0.186 e. The maximum atomic E-state index is 12.0. The van der Waals surface area contributed by atoms with Crippen molar-refractivity contribution in [3.05, 3.63) is 60.2 Å². The Morgan fingerprint density at radius 3 is 2.79 bits per heavy atom. The van der Waals surface area contributed by atoms with E-state index in [0.29, 0.717) is 32.2 Å². The molecule has 0 aliphatic rings. The lowest BCUT2D eigenvalue weighted by Crippen LogP contribution is -2.12. The van der Waals surface area contributed by atoms with Crippen LogP contribution in [0.5, 0.6) is 0 Å². The fourth-order valence-corrected chi connectivity index (χ4v) is 3.07. The SMILES string of the molecule is [18F]CCOCCOCCn1c(C#Cc2cnc3[nH]ccc3c2)nc2ccccc21. The van der Waals surface area contributed by atoms with Crippen LogP contribution in [0.4, 0.5) is 4.39 Å². The third-order valence-corrected chi connectivity index (χ3v) is 4.43. The van der Waals surface area contributed by atoms with Crippen LogP contribution < -0.4 is 0 Å². The summed E-state index contributed by atoms with van der Waals surface area (Å²) >= 11 is 0. The van der Waals surface area contributed by atoms with Gasteiger partial charge in [0.2, 0.25) is 0 Å². The van der Waals surface area contributed by atoms with Crippen LogP contribution in [0.1, 0.15) is 11.4 Å². The molecular weight excluding hydrogens is 370 g/mol. The molecule has 29 heavy (non-hydrogen) atoms. The number of nitrogens with zero attached hydrogens (tertiary/aromatic N) is 3. The predicted octanol–water partition coefficient (Wildman–Crippen LogP) is 3.32. The molecule has 0 atom stereocenters. The van der Waals surface area contributed by atoms with Crippen molar-refractivity contribution in [3.63, 3.8) is 0 Å². The summed E-state index contributed by atoms with van der Waals surface area (Å²) in [5.74, 6) is 7.02. The zero-order valence-electron chi connectivity index (χ0n) is 15.9. The third kappa shape index (κ3) is 4.62. The van der Waals surface area contributed by atoms with Crippen molar-refractivity contribution in [2.75, 3.05) is 33.1 Å². The molecule has 1 N–H and O–H groups in total. The minimum atomic E-state index is -0.477. The minimum Gasteiger partial charge on any atom is -0.377 e. The number of hydrogen-bond donors (Lipinski definition) is 1. The van der Waals surface area contributed by atoms with E-state index in [-0.39, 0.29) is 6.61 Å². The van der Waals surface area contributed by atoms with Gasteiger partial charge in [0.25, 0.3) is 0 Å². The van der Waals surface area contributed by atoms with Gasteiger partial charge in [-0.25, -0.2) is 14.4 Å². The number of alkyl halides is 1. The van der Waals surface area contributed by atoms with Gasteiger partial charge in [0, 0.05) is 29.9 Å². The largest absolute Gasteiger partial charge is 0.377 e. The second-order valence-corrected chi connectivity index (χ2v) is 6.38. The number of aromatic amines is 1. The van der Waals surface area contributed by atoms with Crippen LogP contribution in [0.2, 0.25) is 0 Å². The molecule has 0 aliphatic carbocycles. The molecule has 4 rings (SSSR count). The Morgan fingerprint density at radius 2 is 1.90 bits per heavy atom. The van der Waals surface area contributed by atoms with Crippen LogP contribution in [0.15, 0.2) is 48.8 Å². The molecule has 0 bridgehead atoms. The lowest BCUT2D eigenvalue weighted by Gasteiger charge is -2.07. The lowest BCUT2D eigenvalue weighted by molar-refractivity contribution is 0.0404. The van der Waals surface area contributed by atoms with E-state index in [2.05, 4.69) is 26.8 Å². The number of nitrogens with one attached hydrogen (secondary N) is 1. The van der Waals surface area contributed by atoms with E-state index < -0.39 is 6.67 Å². The summed E-state index contributed by atoms with van der Waals surface area (Å²) in [6.07, 6.45) is 3.61. The van der Waals surface area contributed by atoms with Crippen molar-refractivity contribution in [1.82, 2.24) is 19.5 Å². The van der Waals surface area contributed by atoms with Crippen LogP contribution in [0, 0.1) is 11.8 Å². The monoisotopic (exact) mass is 391 g/mol. The zero-order chi connectivity index (χ0) is 19.9. The zero-order valence-corrected chi connectivity index (χ0v) is 15.9. The maximum Gasteiger partial charge on any atom is 0.186 e. The van der Waals surface area contributed by atoms with Gasteiger partial charge in [-0.15, -0.1) is 0 Å². The van der Waals surface area contributed by atoms with Crippen molar-refractivity contribution in [1.29, 1.82) is 0 Å². The predicted molar refractivity (Wildman–Crippen MR) is 109 cm³/mol. The van der Waals surface area contributed by atoms with Crippen molar-refractivity contribution >= 4 is 22.1 Å². The summed E-state index contributed by atoms with van der Waals surface area (Å²) in [6, 6.07) is 11.9. The average molecular weight is 391 g/mol. The molecule has 0 fully saturated rings. The molecule has 0 radical (unpaired) electrons. The fourth-order valence-electron chi connectivity index (χ4n) is 3.07. The molecular formula is C22H21FN4O2. The first kappa shape index (κ1) is 19.1. The molecule has 0 saturated carbocycles. The Hall–Kier alpha value is -3.21. The van der Waals surface area contributed by atoms with Gasteiger partial charge >= 0.3 is 0 Å². The molecule has 7 heteroatoms. The quantitative estimate of drug-likeness (QED) is 0.370. The van der Waals surface area contributed by atoms with Gasteiger partial charge in [-0.1, -0.05) is 18.1 Å². The highest BCUT2D eigenvalue weighted by Crippen LogP contribution is 2.16. The number of halogens is 1. The van der Waals surface area contributed by atoms with E-state index in [1.807, 2.05) is 47.2 Å². The first-order valence-corrected chi connectivity index (χ1v) is 9.47. The highest BCUT2D eigenvalue weighted by atomic mass is 18.2. The molecule has 6 nitrogen and oxygen atoms in total. The van der Waals surface area contributed by atoms with E-state index in [0.717, 1.165) is 27.6 Å². The van der Waals surface area contributed by atoms with Gasteiger partial charge in [-0.3, -0.25) is 0 Å². The molecule has 148 valence electrons. The van der Waals surface area contributed by atoms with Gasteiger partial charge in [0.15, 0.2) is 5.82 Å². The molecule has 0 unspecified atom stereocenters. The summed E-state index contributed by atoms with van der Waals surface area (Å²) in [7, 11) is 0. The van der Waals surface area contributed by atoms with Crippen LogP contribution >= 0.6 is 0 Å².